The third kappa shape index (κ3) is 19.5. The molecule has 7 amide bonds. The highest BCUT2D eigenvalue weighted by molar-refractivity contribution is 6.01. The van der Waals surface area contributed by atoms with Crippen molar-refractivity contribution in [1.29, 1.82) is 0 Å². The normalized spacial score (nSPS) is 14.2. The molecule has 2 aromatic rings. The molecule has 0 fully saturated rings. The lowest BCUT2D eigenvalue weighted by molar-refractivity contribution is -0.147. The first-order valence-corrected chi connectivity index (χ1v) is 20.8. The van der Waals surface area contributed by atoms with Crippen molar-refractivity contribution in [1.82, 2.24) is 31.9 Å². The molecule has 0 saturated heterocycles. The zero-order valence-corrected chi connectivity index (χ0v) is 37.6. The van der Waals surface area contributed by atoms with Crippen LogP contribution in [0.5, 0.6) is 0 Å². The minimum Gasteiger partial charge on any atom is -0.481 e. The van der Waals surface area contributed by atoms with Gasteiger partial charge in [-0.1, -0.05) is 58.9 Å². The van der Waals surface area contributed by atoms with Crippen molar-refractivity contribution in [2.24, 2.45) is 11.3 Å². The van der Waals surface area contributed by atoms with Gasteiger partial charge in [-0.05, 0) is 66.5 Å². The van der Waals surface area contributed by atoms with Gasteiger partial charge in [0.15, 0.2) is 0 Å². The van der Waals surface area contributed by atoms with Crippen molar-refractivity contribution in [2.45, 2.75) is 129 Å². The highest BCUT2D eigenvalue weighted by Crippen LogP contribution is 2.23. The fraction of sp³-hybridized carbons (Fsp3) is 0.500. The number of hydrogen-bond acceptors (Lipinski definition) is 10. The Morgan fingerprint density at radius 2 is 1.23 bits per heavy atom. The third-order valence-electron chi connectivity index (χ3n) is 9.76. The fourth-order valence-corrected chi connectivity index (χ4v) is 6.43. The maximum absolute atomic E-state index is 14.3. The standard InChI is InChI=1S/C44H58F3N7O12/c1-23(2)18-31(39(63)49-29(22-55)21-44(45,46)47)53-42(66)36(43(5,6)7)54-41(65)32(19-27-11-9-8-10-24(27)3)52-38(62)30(16-17-34(57)58)50-40(64)33(20-35(59)60)51-37(61)26-12-14-28(15-13-26)48-25(4)56/h8-15,22-23,29-33,36H,16-21H2,1-7H3,(H,48,56)(H,49,63)(H,50,64)(H,51,61)(H,52,62)(H,53,66)(H,54,65)(H,57,58)(H,59,60)/t29-,30-,31-,32-,33-,36+/m0/s1. The number of amides is 7. The van der Waals surface area contributed by atoms with E-state index in [9.17, 15) is 71.3 Å². The zero-order valence-electron chi connectivity index (χ0n) is 37.6. The molecular weight excluding hydrogens is 876 g/mol. The van der Waals surface area contributed by atoms with E-state index in [1.54, 1.807) is 65.8 Å². The smallest absolute Gasteiger partial charge is 0.391 e. The summed E-state index contributed by atoms with van der Waals surface area (Å²) in [6, 6.07) is 2.08. The molecule has 9 N–H and O–H groups in total. The van der Waals surface area contributed by atoms with Gasteiger partial charge in [0, 0.05) is 31.0 Å². The number of nitrogens with one attached hydrogen (secondary N) is 7. The Morgan fingerprint density at radius 1 is 0.682 bits per heavy atom. The Labute approximate surface area is 379 Å². The Balaban J connectivity index is 2.48. The van der Waals surface area contributed by atoms with Crippen LogP contribution in [0.15, 0.2) is 48.5 Å². The van der Waals surface area contributed by atoms with Crippen molar-refractivity contribution < 1.29 is 71.3 Å². The summed E-state index contributed by atoms with van der Waals surface area (Å²) in [5.41, 5.74) is 0.377. The highest BCUT2D eigenvalue weighted by Gasteiger charge is 2.39. The molecule has 362 valence electrons. The molecule has 2 rings (SSSR count). The lowest BCUT2D eigenvalue weighted by atomic mass is 9.85. The maximum atomic E-state index is 14.3. The lowest BCUT2D eigenvalue weighted by Crippen LogP contribution is -2.62. The summed E-state index contributed by atoms with van der Waals surface area (Å²) in [7, 11) is 0. The molecule has 22 heteroatoms. The molecule has 0 aliphatic carbocycles. The van der Waals surface area contributed by atoms with E-state index in [1.807, 2.05) is 5.32 Å². The Bertz CT molecular complexity index is 2090. The topological polar surface area (TPSA) is 295 Å². The molecule has 0 saturated carbocycles. The van der Waals surface area contributed by atoms with E-state index in [-0.39, 0.29) is 36.5 Å². The van der Waals surface area contributed by atoms with E-state index < -0.39 is 121 Å². The van der Waals surface area contributed by atoms with E-state index in [0.29, 0.717) is 16.8 Å². The number of alkyl halides is 3. The van der Waals surface area contributed by atoms with Gasteiger partial charge in [-0.3, -0.25) is 43.2 Å². The third-order valence-corrected chi connectivity index (χ3v) is 9.76. The van der Waals surface area contributed by atoms with Gasteiger partial charge in [0.1, 0.15) is 36.5 Å². The maximum Gasteiger partial charge on any atom is 0.391 e. The van der Waals surface area contributed by atoms with Gasteiger partial charge in [0.05, 0.1) is 18.9 Å². The Hall–Kier alpha value is -6.87. The number of benzene rings is 2. The number of hydrogen-bond donors (Lipinski definition) is 9. The molecule has 0 aromatic heterocycles. The predicted octanol–water partition coefficient (Wildman–Crippen LogP) is 2.30. The first kappa shape index (κ1) is 55.3. The van der Waals surface area contributed by atoms with Gasteiger partial charge in [-0.25, -0.2) is 0 Å². The molecule has 6 atom stereocenters. The number of carbonyl (C=O) groups excluding carboxylic acids is 8. The summed E-state index contributed by atoms with van der Waals surface area (Å²) in [5, 5.41) is 35.7. The first-order valence-electron chi connectivity index (χ1n) is 20.8. The van der Waals surface area contributed by atoms with Crippen molar-refractivity contribution in [3.05, 3.63) is 65.2 Å². The summed E-state index contributed by atoms with van der Waals surface area (Å²) in [6.45, 7) is 11.0. The van der Waals surface area contributed by atoms with E-state index in [4.69, 9.17) is 0 Å². The second-order valence-electron chi connectivity index (χ2n) is 17.1. The molecule has 0 unspecified atom stereocenters. The van der Waals surface area contributed by atoms with Gasteiger partial charge in [-0.2, -0.15) is 13.2 Å². The SMILES string of the molecule is CC(=O)Nc1ccc(C(=O)N[C@@H](CC(=O)O)C(=O)N[C@@H](CCC(=O)O)C(=O)N[C@@H](Cc2ccccc2C)C(=O)N[C@H](C(=O)N[C@@H](CC(C)C)C(=O)N[C@H](C=O)CC(F)(F)F)C(C)(C)C)cc1. The first-order chi connectivity index (χ1) is 30.6. The lowest BCUT2D eigenvalue weighted by Gasteiger charge is -2.34. The second-order valence-corrected chi connectivity index (χ2v) is 17.1. The quantitative estimate of drug-likeness (QED) is 0.0686. The van der Waals surface area contributed by atoms with Crippen molar-refractivity contribution in [2.75, 3.05) is 5.32 Å². The average Bonchev–Trinajstić information content (AvgIpc) is 3.19. The van der Waals surface area contributed by atoms with Crippen LogP contribution in [-0.2, 0) is 49.6 Å². The van der Waals surface area contributed by atoms with Crippen LogP contribution >= 0.6 is 0 Å². The molecule has 0 radical (unpaired) electrons. The molecule has 0 spiro atoms. The van der Waals surface area contributed by atoms with Crippen LogP contribution < -0.4 is 37.2 Å². The highest BCUT2D eigenvalue weighted by atomic mass is 19.4. The number of carbonyl (C=O) groups is 10. The summed E-state index contributed by atoms with van der Waals surface area (Å²) in [6.07, 6.45) is -9.11. The van der Waals surface area contributed by atoms with Crippen molar-refractivity contribution in [3.8, 4) is 0 Å². The molecule has 0 bridgehead atoms. The summed E-state index contributed by atoms with van der Waals surface area (Å²) in [4.78, 5) is 129. The van der Waals surface area contributed by atoms with E-state index in [2.05, 4.69) is 31.9 Å². The monoisotopic (exact) mass is 933 g/mol. The predicted molar refractivity (Wildman–Crippen MR) is 231 cm³/mol. The Morgan fingerprint density at radius 3 is 1.74 bits per heavy atom. The minimum absolute atomic E-state index is 0.0362. The molecule has 0 aliphatic heterocycles. The minimum atomic E-state index is -4.80. The fourth-order valence-electron chi connectivity index (χ4n) is 6.43. The Kier molecular flexibility index (Phi) is 20.9. The van der Waals surface area contributed by atoms with Gasteiger partial charge >= 0.3 is 18.1 Å². The van der Waals surface area contributed by atoms with E-state index in [1.165, 1.54) is 31.2 Å². The number of aldehydes is 1. The molecule has 2 aromatic carbocycles. The number of halogens is 3. The van der Waals surface area contributed by atoms with Crippen molar-refractivity contribution >= 4 is 65.3 Å². The number of rotatable bonds is 24. The number of aryl methyl sites for hydroxylation is 1. The van der Waals surface area contributed by atoms with E-state index >= 15 is 0 Å². The van der Waals surface area contributed by atoms with Crippen LogP contribution in [0.25, 0.3) is 0 Å². The summed E-state index contributed by atoms with van der Waals surface area (Å²) in [5.74, 6) is -9.82. The van der Waals surface area contributed by atoms with Crippen LogP contribution in [0.3, 0.4) is 0 Å². The van der Waals surface area contributed by atoms with Gasteiger partial charge < -0.3 is 52.2 Å². The summed E-state index contributed by atoms with van der Waals surface area (Å²) < 4.78 is 39.2. The van der Waals surface area contributed by atoms with Gasteiger partial charge in [-0.15, -0.1) is 0 Å². The second kappa shape index (κ2) is 25.0. The van der Waals surface area contributed by atoms with Crippen molar-refractivity contribution in [3.63, 3.8) is 0 Å². The van der Waals surface area contributed by atoms with Crippen LogP contribution in [0.4, 0.5) is 18.9 Å². The van der Waals surface area contributed by atoms with Crippen LogP contribution in [-0.4, -0.2) is 112 Å². The van der Waals surface area contributed by atoms with Gasteiger partial charge in [0.25, 0.3) is 5.91 Å². The van der Waals surface area contributed by atoms with E-state index in [0.717, 1.165) is 0 Å². The summed E-state index contributed by atoms with van der Waals surface area (Å²) >= 11 is 0. The number of carboxylic acids is 2. The molecule has 0 heterocycles. The molecule has 19 nitrogen and oxygen atoms in total. The number of aliphatic carboxylic acids is 2. The molecular formula is C44H58F3N7O12. The average molecular weight is 934 g/mol. The van der Waals surface area contributed by atoms with Crippen LogP contribution in [0.2, 0.25) is 0 Å². The van der Waals surface area contributed by atoms with Gasteiger partial charge in [0.2, 0.25) is 35.4 Å². The largest absolute Gasteiger partial charge is 0.481 e. The zero-order chi connectivity index (χ0) is 50.1. The van der Waals surface area contributed by atoms with Crippen LogP contribution in [0, 0.1) is 18.3 Å². The van der Waals surface area contributed by atoms with Crippen LogP contribution in [0.1, 0.15) is 95.1 Å². The number of carboxylic acid groups (broad SMARTS) is 2. The molecule has 66 heavy (non-hydrogen) atoms. The number of anilines is 1. The molecule has 0 aliphatic rings.